The summed E-state index contributed by atoms with van der Waals surface area (Å²) < 4.78 is 0. The maximum absolute atomic E-state index is 12.2. The molecule has 0 aromatic heterocycles. The Morgan fingerprint density at radius 1 is 1.42 bits per heavy atom. The first-order chi connectivity index (χ1) is 8.99. The average Bonchev–Trinajstić information content (AvgIpc) is 2.70. The number of nitrogens with one attached hydrogen (secondary N) is 1. The molecular formula is C16H23NOS. The van der Waals surface area contributed by atoms with E-state index >= 15 is 0 Å². The molecule has 0 heterocycles. The van der Waals surface area contributed by atoms with Gasteiger partial charge >= 0.3 is 0 Å². The van der Waals surface area contributed by atoms with Crippen molar-refractivity contribution in [3.05, 3.63) is 35.9 Å². The molecule has 1 aromatic carbocycles. The lowest BCUT2D eigenvalue weighted by Gasteiger charge is -2.28. The SMILES string of the molecule is CC1(C)CCCC1NC(=O)C(S)Cc1ccccc1. The van der Waals surface area contributed by atoms with E-state index in [4.69, 9.17) is 0 Å². The quantitative estimate of drug-likeness (QED) is 0.813. The van der Waals surface area contributed by atoms with Crippen molar-refractivity contribution in [2.45, 2.75) is 50.8 Å². The lowest BCUT2D eigenvalue weighted by Crippen LogP contribution is -2.45. The molecule has 0 aliphatic heterocycles. The number of carbonyl (C=O) groups is 1. The zero-order chi connectivity index (χ0) is 13.9. The monoisotopic (exact) mass is 277 g/mol. The summed E-state index contributed by atoms with van der Waals surface area (Å²) in [5, 5.41) is 2.91. The highest BCUT2D eigenvalue weighted by molar-refractivity contribution is 7.81. The summed E-state index contributed by atoms with van der Waals surface area (Å²) in [6.45, 7) is 4.46. The van der Waals surface area contributed by atoms with Gasteiger partial charge in [-0.05, 0) is 30.2 Å². The molecule has 0 spiro atoms. The van der Waals surface area contributed by atoms with E-state index in [0.717, 1.165) is 12.0 Å². The van der Waals surface area contributed by atoms with E-state index in [-0.39, 0.29) is 16.6 Å². The zero-order valence-corrected chi connectivity index (χ0v) is 12.6. The van der Waals surface area contributed by atoms with Crippen LogP contribution in [0.1, 0.15) is 38.7 Å². The van der Waals surface area contributed by atoms with E-state index < -0.39 is 0 Å². The first-order valence-electron chi connectivity index (χ1n) is 7.01. The van der Waals surface area contributed by atoms with E-state index in [0.29, 0.717) is 12.5 Å². The number of rotatable bonds is 4. The molecule has 1 aliphatic carbocycles. The number of hydrogen-bond acceptors (Lipinski definition) is 2. The van der Waals surface area contributed by atoms with E-state index in [1.807, 2.05) is 30.3 Å². The Bertz CT molecular complexity index is 430. The molecule has 2 unspecified atom stereocenters. The zero-order valence-electron chi connectivity index (χ0n) is 11.7. The van der Waals surface area contributed by atoms with Crippen LogP contribution in [-0.4, -0.2) is 17.2 Å². The van der Waals surface area contributed by atoms with Gasteiger partial charge in [0.15, 0.2) is 0 Å². The molecule has 0 radical (unpaired) electrons. The standard InChI is InChI=1S/C16H23NOS/c1-16(2)10-6-9-14(16)17-15(18)13(19)11-12-7-4-3-5-8-12/h3-5,7-8,13-14,19H,6,9-11H2,1-2H3,(H,17,18). The average molecular weight is 277 g/mol. The topological polar surface area (TPSA) is 29.1 Å². The van der Waals surface area contributed by atoms with Gasteiger partial charge in [-0.3, -0.25) is 4.79 Å². The predicted octanol–water partition coefficient (Wildman–Crippen LogP) is 3.22. The molecule has 0 saturated heterocycles. The van der Waals surface area contributed by atoms with E-state index in [2.05, 4.69) is 31.8 Å². The van der Waals surface area contributed by atoms with Gasteiger partial charge in [0, 0.05) is 6.04 Å². The predicted molar refractivity (Wildman–Crippen MR) is 82.5 cm³/mol. The summed E-state index contributed by atoms with van der Waals surface area (Å²) in [6.07, 6.45) is 4.16. The molecule has 1 amide bonds. The minimum absolute atomic E-state index is 0.0622. The Balaban J connectivity index is 1.89. The number of thiol groups is 1. The Kier molecular flexibility index (Phi) is 4.56. The van der Waals surface area contributed by atoms with Crippen molar-refractivity contribution in [3.63, 3.8) is 0 Å². The Labute approximate surface area is 121 Å². The second-order valence-corrected chi connectivity index (χ2v) is 6.77. The number of amides is 1. The molecule has 2 rings (SSSR count). The summed E-state index contributed by atoms with van der Waals surface area (Å²) in [5.74, 6) is 0.0622. The summed E-state index contributed by atoms with van der Waals surface area (Å²) in [5.41, 5.74) is 1.37. The fraction of sp³-hybridized carbons (Fsp3) is 0.562. The molecule has 1 fully saturated rings. The van der Waals surface area contributed by atoms with Gasteiger partial charge in [0.25, 0.3) is 0 Å². The van der Waals surface area contributed by atoms with Crippen molar-refractivity contribution in [2.24, 2.45) is 5.41 Å². The number of carbonyl (C=O) groups excluding carboxylic acids is 1. The second kappa shape index (κ2) is 6.00. The fourth-order valence-corrected chi connectivity index (χ4v) is 3.08. The highest BCUT2D eigenvalue weighted by Gasteiger charge is 2.36. The lowest BCUT2D eigenvalue weighted by atomic mass is 9.87. The molecule has 2 atom stereocenters. The number of hydrogen-bond donors (Lipinski definition) is 2. The highest BCUT2D eigenvalue weighted by atomic mass is 32.1. The van der Waals surface area contributed by atoms with Crippen LogP contribution in [0.5, 0.6) is 0 Å². The molecule has 1 aliphatic rings. The molecule has 2 nitrogen and oxygen atoms in total. The van der Waals surface area contributed by atoms with E-state index in [1.165, 1.54) is 12.8 Å². The third-order valence-electron chi connectivity index (χ3n) is 4.15. The largest absolute Gasteiger partial charge is 0.352 e. The smallest absolute Gasteiger partial charge is 0.233 e. The molecule has 1 N–H and O–H groups in total. The van der Waals surface area contributed by atoms with Crippen molar-refractivity contribution >= 4 is 18.5 Å². The Morgan fingerprint density at radius 3 is 2.68 bits per heavy atom. The van der Waals surface area contributed by atoms with Crippen LogP contribution in [0, 0.1) is 5.41 Å². The molecule has 104 valence electrons. The van der Waals surface area contributed by atoms with Crippen molar-refractivity contribution in [1.82, 2.24) is 5.32 Å². The summed E-state index contributed by atoms with van der Waals surface area (Å²) >= 11 is 4.45. The van der Waals surface area contributed by atoms with Gasteiger partial charge < -0.3 is 5.32 Å². The van der Waals surface area contributed by atoms with Crippen LogP contribution in [0.25, 0.3) is 0 Å². The fourth-order valence-electron chi connectivity index (χ4n) is 2.79. The van der Waals surface area contributed by atoms with Gasteiger partial charge in [-0.25, -0.2) is 0 Å². The van der Waals surface area contributed by atoms with Crippen LogP contribution in [-0.2, 0) is 11.2 Å². The van der Waals surface area contributed by atoms with Crippen molar-refractivity contribution in [1.29, 1.82) is 0 Å². The molecular weight excluding hydrogens is 254 g/mol. The van der Waals surface area contributed by atoms with Gasteiger partial charge in [0.1, 0.15) is 0 Å². The molecule has 3 heteroatoms. The molecule has 1 aromatic rings. The summed E-state index contributed by atoms with van der Waals surface area (Å²) in [7, 11) is 0. The van der Waals surface area contributed by atoms with Crippen LogP contribution in [0.4, 0.5) is 0 Å². The third-order valence-corrected chi connectivity index (χ3v) is 4.57. The first-order valence-corrected chi connectivity index (χ1v) is 7.53. The second-order valence-electron chi connectivity index (χ2n) is 6.15. The Hall–Kier alpha value is -0.960. The van der Waals surface area contributed by atoms with Gasteiger partial charge in [0.05, 0.1) is 5.25 Å². The maximum Gasteiger partial charge on any atom is 0.233 e. The highest BCUT2D eigenvalue weighted by Crippen LogP contribution is 2.37. The minimum atomic E-state index is -0.265. The minimum Gasteiger partial charge on any atom is -0.352 e. The van der Waals surface area contributed by atoms with Crippen LogP contribution < -0.4 is 5.32 Å². The van der Waals surface area contributed by atoms with Crippen molar-refractivity contribution < 1.29 is 4.79 Å². The summed E-state index contributed by atoms with van der Waals surface area (Å²) in [6, 6.07) is 10.3. The molecule has 1 saturated carbocycles. The van der Waals surface area contributed by atoms with Gasteiger partial charge in [0.2, 0.25) is 5.91 Å². The van der Waals surface area contributed by atoms with Crippen LogP contribution >= 0.6 is 12.6 Å². The van der Waals surface area contributed by atoms with Gasteiger partial charge in [-0.1, -0.05) is 50.6 Å². The number of benzene rings is 1. The van der Waals surface area contributed by atoms with Crippen LogP contribution in [0.15, 0.2) is 30.3 Å². The first kappa shape index (κ1) is 14.4. The van der Waals surface area contributed by atoms with Crippen LogP contribution in [0.2, 0.25) is 0 Å². The lowest BCUT2D eigenvalue weighted by molar-refractivity contribution is -0.121. The van der Waals surface area contributed by atoms with Crippen molar-refractivity contribution in [2.75, 3.05) is 0 Å². The normalized spacial score (nSPS) is 23.0. The van der Waals surface area contributed by atoms with E-state index in [9.17, 15) is 4.79 Å². The van der Waals surface area contributed by atoms with Gasteiger partial charge in [-0.15, -0.1) is 0 Å². The van der Waals surface area contributed by atoms with Crippen LogP contribution in [0.3, 0.4) is 0 Å². The third kappa shape index (κ3) is 3.75. The van der Waals surface area contributed by atoms with Gasteiger partial charge in [-0.2, -0.15) is 12.6 Å². The van der Waals surface area contributed by atoms with E-state index in [1.54, 1.807) is 0 Å². The molecule has 19 heavy (non-hydrogen) atoms. The Morgan fingerprint density at radius 2 is 2.11 bits per heavy atom. The van der Waals surface area contributed by atoms with Crippen molar-refractivity contribution in [3.8, 4) is 0 Å². The maximum atomic E-state index is 12.2. The summed E-state index contributed by atoms with van der Waals surface area (Å²) in [4.78, 5) is 12.2. The molecule has 0 bridgehead atoms.